The number of hydrogen-bond acceptors (Lipinski definition) is 3. The SMILES string of the molecule is Cc1nc2c(c(=O)[nH]1)C[S+]([O-])CC2. The van der Waals surface area contributed by atoms with E-state index in [2.05, 4.69) is 9.97 Å². The molecule has 1 unspecified atom stereocenters. The van der Waals surface area contributed by atoms with Gasteiger partial charge in [-0.1, -0.05) is 0 Å². The van der Waals surface area contributed by atoms with Gasteiger partial charge in [0.25, 0.3) is 5.56 Å². The number of aromatic amines is 1. The average molecular weight is 198 g/mol. The summed E-state index contributed by atoms with van der Waals surface area (Å²) in [6.45, 7) is 1.76. The number of nitrogens with zero attached hydrogens (tertiary/aromatic N) is 1. The predicted molar refractivity (Wildman–Crippen MR) is 50.0 cm³/mol. The molecular formula is C8H10N2O2S. The number of H-pyrrole nitrogens is 1. The number of nitrogens with one attached hydrogen (secondary N) is 1. The maximum atomic E-state index is 11.4. The lowest BCUT2D eigenvalue weighted by Gasteiger charge is -2.17. The molecule has 0 spiro atoms. The van der Waals surface area contributed by atoms with Gasteiger partial charge < -0.3 is 9.54 Å². The lowest BCUT2D eigenvalue weighted by Crippen LogP contribution is -2.28. The topological polar surface area (TPSA) is 68.8 Å². The zero-order valence-electron chi connectivity index (χ0n) is 7.29. The minimum Gasteiger partial charge on any atom is -0.616 e. The molecule has 1 aromatic rings. The summed E-state index contributed by atoms with van der Waals surface area (Å²) in [5.74, 6) is 1.62. The van der Waals surface area contributed by atoms with E-state index in [1.807, 2.05) is 0 Å². The first-order valence-electron chi connectivity index (χ1n) is 4.10. The molecule has 2 rings (SSSR count). The lowest BCUT2D eigenvalue weighted by molar-refractivity contribution is 0.588. The van der Waals surface area contributed by atoms with E-state index in [-0.39, 0.29) is 5.56 Å². The molecule has 0 aromatic carbocycles. The third-order valence-corrected chi connectivity index (χ3v) is 3.36. The molecule has 0 fully saturated rings. The van der Waals surface area contributed by atoms with E-state index in [9.17, 15) is 9.35 Å². The van der Waals surface area contributed by atoms with Crippen molar-refractivity contribution in [1.29, 1.82) is 0 Å². The molecule has 0 amide bonds. The van der Waals surface area contributed by atoms with Crippen LogP contribution < -0.4 is 5.56 Å². The molecule has 70 valence electrons. The number of hydrogen-bond donors (Lipinski definition) is 1. The van der Waals surface area contributed by atoms with Crippen molar-refractivity contribution in [1.82, 2.24) is 9.97 Å². The molecule has 1 aliphatic rings. The zero-order valence-corrected chi connectivity index (χ0v) is 8.11. The van der Waals surface area contributed by atoms with Crippen molar-refractivity contribution < 1.29 is 4.55 Å². The van der Waals surface area contributed by atoms with Crippen LogP contribution in [0.4, 0.5) is 0 Å². The number of aromatic nitrogens is 2. The normalized spacial score (nSPS) is 21.2. The van der Waals surface area contributed by atoms with Crippen molar-refractivity contribution in [3.8, 4) is 0 Å². The molecule has 2 heterocycles. The molecule has 13 heavy (non-hydrogen) atoms. The molecule has 0 radical (unpaired) electrons. The summed E-state index contributed by atoms with van der Waals surface area (Å²) in [6.07, 6.45) is 0.659. The van der Waals surface area contributed by atoms with E-state index in [1.54, 1.807) is 6.92 Å². The van der Waals surface area contributed by atoms with Crippen LogP contribution in [0.25, 0.3) is 0 Å². The Labute approximate surface area is 78.6 Å². The molecule has 1 aliphatic heterocycles. The van der Waals surface area contributed by atoms with Crippen molar-refractivity contribution in [2.75, 3.05) is 5.75 Å². The van der Waals surface area contributed by atoms with Crippen molar-refractivity contribution in [3.63, 3.8) is 0 Å². The standard InChI is InChI=1S/C8H10N2O2S/c1-5-9-7-2-3-13(12)4-6(7)8(11)10-5/h2-4H2,1H3,(H,9,10,11). The second kappa shape index (κ2) is 3.16. The summed E-state index contributed by atoms with van der Waals surface area (Å²) in [4.78, 5) is 18.2. The minimum atomic E-state index is -0.878. The summed E-state index contributed by atoms with van der Waals surface area (Å²) in [5, 5.41) is 0. The van der Waals surface area contributed by atoms with E-state index >= 15 is 0 Å². The first-order valence-corrected chi connectivity index (χ1v) is 5.59. The van der Waals surface area contributed by atoms with Gasteiger partial charge in [0.05, 0.1) is 11.3 Å². The number of fused-ring (bicyclic) bond motifs is 1. The third kappa shape index (κ3) is 1.62. The van der Waals surface area contributed by atoms with Crippen LogP contribution in [0.3, 0.4) is 0 Å². The molecule has 0 saturated carbocycles. The van der Waals surface area contributed by atoms with Gasteiger partial charge in [-0.15, -0.1) is 0 Å². The van der Waals surface area contributed by atoms with Crippen LogP contribution in [0.5, 0.6) is 0 Å². The van der Waals surface area contributed by atoms with Crippen LogP contribution in [0.15, 0.2) is 4.79 Å². The van der Waals surface area contributed by atoms with Crippen molar-refractivity contribution in [2.24, 2.45) is 0 Å². The van der Waals surface area contributed by atoms with Crippen LogP contribution >= 0.6 is 0 Å². The quantitative estimate of drug-likeness (QED) is 0.591. The first-order chi connectivity index (χ1) is 6.16. The van der Waals surface area contributed by atoms with Gasteiger partial charge in [0.2, 0.25) is 0 Å². The van der Waals surface area contributed by atoms with Gasteiger partial charge in [0.1, 0.15) is 17.3 Å². The highest BCUT2D eigenvalue weighted by Gasteiger charge is 2.22. The fourth-order valence-corrected chi connectivity index (χ4v) is 2.65. The van der Waals surface area contributed by atoms with E-state index < -0.39 is 11.2 Å². The van der Waals surface area contributed by atoms with Gasteiger partial charge >= 0.3 is 0 Å². The Hall–Kier alpha value is -0.810. The molecule has 0 bridgehead atoms. The van der Waals surface area contributed by atoms with Crippen molar-refractivity contribution in [2.45, 2.75) is 19.1 Å². The molecule has 0 aliphatic carbocycles. The number of rotatable bonds is 0. The summed E-state index contributed by atoms with van der Waals surface area (Å²) in [5.41, 5.74) is 1.30. The van der Waals surface area contributed by atoms with Gasteiger partial charge in [-0.05, 0) is 18.1 Å². The van der Waals surface area contributed by atoms with Crippen molar-refractivity contribution >= 4 is 11.2 Å². The maximum Gasteiger partial charge on any atom is 0.259 e. The molecular weight excluding hydrogens is 188 g/mol. The Bertz CT molecular complexity index is 388. The van der Waals surface area contributed by atoms with Crippen LogP contribution in [0, 0.1) is 6.92 Å². The third-order valence-electron chi connectivity index (χ3n) is 2.09. The molecule has 0 saturated heterocycles. The Morgan fingerprint density at radius 1 is 1.62 bits per heavy atom. The van der Waals surface area contributed by atoms with Crippen LogP contribution in [-0.4, -0.2) is 20.3 Å². The summed E-state index contributed by atoms with van der Waals surface area (Å²) < 4.78 is 11.2. The van der Waals surface area contributed by atoms with Crippen molar-refractivity contribution in [3.05, 3.63) is 27.4 Å². The van der Waals surface area contributed by atoms with Crippen LogP contribution in [-0.2, 0) is 23.3 Å². The number of aryl methyl sites for hydroxylation is 2. The minimum absolute atomic E-state index is 0.129. The molecule has 1 N–H and O–H groups in total. The highest BCUT2D eigenvalue weighted by atomic mass is 32.2. The lowest BCUT2D eigenvalue weighted by atomic mass is 10.2. The van der Waals surface area contributed by atoms with E-state index in [0.717, 1.165) is 5.69 Å². The monoisotopic (exact) mass is 198 g/mol. The Balaban J connectivity index is 2.53. The smallest absolute Gasteiger partial charge is 0.259 e. The van der Waals surface area contributed by atoms with Gasteiger partial charge in [-0.25, -0.2) is 4.98 Å². The fourth-order valence-electron chi connectivity index (χ4n) is 1.47. The van der Waals surface area contributed by atoms with E-state index in [4.69, 9.17) is 0 Å². The molecule has 1 atom stereocenters. The van der Waals surface area contributed by atoms with Gasteiger partial charge in [0.15, 0.2) is 0 Å². The second-order valence-corrected chi connectivity index (χ2v) is 4.69. The maximum absolute atomic E-state index is 11.4. The Kier molecular flexibility index (Phi) is 2.13. The largest absolute Gasteiger partial charge is 0.616 e. The van der Waals surface area contributed by atoms with E-state index in [0.29, 0.717) is 29.3 Å². The fraction of sp³-hybridized carbons (Fsp3) is 0.500. The molecule has 4 nitrogen and oxygen atoms in total. The van der Waals surface area contributed by atoms with Gasteiger partial charge in [-0.3, -0.25) is 4.79 Å². The molecule has 1 aromatic heterocycles. The first kappa shape index (κ1) is 8.77. The predicted octanol–water partition coefficient (Wildman–Crippen LogP) is -0.117. The second-order valence-electron chi connectivity index (χ2n) is 3.11. The summed E-state index contributed by atoms with van der Waals surface area (Å²) in [7, 11) is 0. The summed E-state index contributed by atoms with van der Waals surface area (Å²) in [6, 6.07) is 0. The van der Waals surface area contributed by atoms with Gasteiger partial charge in [0, 0.05) is 6.42 Å². The Morgan fingerprint density at radius 2 is 2.38 bits per heavy atom. The highest BCUT2D eigenvalue weighted by molar-refractivity contribution is 7.90. The average Bonchev–Trinajstić information content (AvgIpc) is 2.06. The van der Waals surface area contributed by atoms with Crippen LogP contribution in [0.2, 0.25) is 0 Å². The Morgan fingerprint density at radius 3 is 3.15 bits per heavy atom. The highest BCUT2D eigenvalue weighted by Crippen LogP contribution is 2.14. The zero-order chi connectivity index (χ0) is 9.42. The molecule has 5 heteroatoms. The van der Waals surface area contributed by atoms with Gasteiger partial charge in [-0.2, -0.15) is 0 Å². The summed E-state index contributed by atoms with van der Waals surface area (Å²) >= 11 is -0.878. The van der Waals surface area contributed by atoms with E-state index in [1.165, 1.54) is 0 Å². The van der Waals surface area contributed by atoms with Crippen LogP contribution in [0.1, 0.15) is 17.1 Å².